The van der Waals surface area contributed by atoms with E-state index in [-0.39, 0.29) is 18.6 Å². The molecule has 3 aromatic carbocycles. The zero-order valence-corrected chi connectivity index (χ0v) is 24.8. The van der Waals surface area contributed by atoms with Crippen molar-refractivity contribution in [3.63, 3.8) is 0 Å². The van der Waals surface area contributed by atoms with Crippen molar-refractivity contribution in [1.29, 1.82) is 0 Å². The van der Waals surface area contributed by atoms with E-state index in [9.17, 15) is 4.79 Å². The van der Waals surface area contributed by atoms with Crippen LogP contribution in [0, 0.1) is 0 Å². The Balaban J connectivity index is 1.30. The first-order valence-corrected chi connectivity index (χ1v) is 14.1. The molecular weight excluding hydrogens is 536 g/mol. The van der Waals surface area contributed by atoms with Gasteiger partial charge in [-0.1, -0.05) is 103 Å². The molecule has 220 valence electrons. The van der Waals surface area contributed by atoms with Crippen molar-refractivity contribution in [3.05, 3.63) is 156 Å². The van der Waals surface area contributed by atoms with Gasteiger partial charge in [-0.25, -0.2) is 0 Å². The Morgan fingerprint density at radius 3 is 2.05 bits per heavy atom. The van der Waals surface area contributed by atoms with Gasteiger partial charge in [-0.3, -0.25) is 4.79 Å². The summed E-state index contributed by atoms with van der Waals surface area (Å²) in [6.07, 6.45) is 22.2. The number of carbonyl (C=O) groups is 1. The van der Waals surface area contributed by atoms with Crippen molar-refractivity contribution in [2.75, 3.05) is 27.9 Å². The highest BCUT2D eigenvalue weighted by Crippen LogP contribution is 2.33. The normalized spacial score (nSPS) is 13.4. The molecule has 0 spiro atoms. The zero-order valence-electron chi connectivity index (χ0n) is 24.8. The van der Waals surface area contributed by atoms with Crippen LogP contribution in [0.4, 0.5) is 0 Å². The summed E-state index contributed by atoms with van der Waals surface area (Å²) >= 11 is 0. The monoisotopic (exact) mass is 574 g/mol. The predicted molar refractivity (Wildman–Crippen MR) is 174 cm³/mol. The molecule has 1 atom stereocenters. The summed E-state index contributed by atoms with van der Waals surface area (Å²) in [7, 11) is 5.18. The summed E-state index contributed by atoms with van der Waals surface area (Å²) < 4.78 is 16.7. The molecule has 0 saturated heterocycles. The van der Waals surface area contributed by atoms with E-state index in [1.165, 1.54) is 0 Å². The number of hydrogen-bond donors (Lipinski definition) is 2. The van der Waals surface area contributed by atoms with Crippen LogP contribution in [-0.2, 0) is 11.3 Å². The van der Waals surface area contributed by atoms with E-state index in [2.05, 4.69) is 34.9 Å². The molecule has 0 saturated carbocycles. The highest BCUT2D eigenvalue weighted by atomic mass is 16.5. The minimum absolute atomic E-state index is 0.0691. The fourth-order valence-corrected chi connectivity index (χ4v) is 4.55. The second-order valence-corrected chi connectivity index (χ2v) is 9.68. The zero-order chi connectivity index (χ0) is 30.3. The number of carbonyl (C=O) groups excluding carboxylic acids is 1. The van der Waals surface area contributed by atoms with E-state index < -0.39 is 0 Å². The maximum Gasteiger partial charge on any atom is 0.258 e. The average molecular weight is 575 g/mol. The topological polar surface area (TPSA) is 68.8 Å². The fourth-order valence-electron chi connectivity index (χ4n) is 4.55. The molecule has 0 bridgehead atoms. The third-order valence-corrected chi connectivity index (χ3v) is 6.84. The van der Waals surface area contributed by atoms with E-state index in [1.54, 1.807) is 14.2 Å². The van der Waals surface area contributed by atoms with Gasteiger partial charge in [0.05, 0.1) is 20.3 Å². The maximum absolute atomic E-state index is 12.5. The number of amides is 1. The van der Waals surface area contributed by atoms with Gasteiger partial charge in [0.25, 0.3) is 5.91 Å². The largest absolute Gasteiger partial charge is 0.497 e. The van der Waals surface area contributed by atoms with Gasteiger partial charge in [-0.15, -0.1) is 0 Å². The molecule has 0 radical (unpaired) electrons. The number of rotatable bonds is 11. The lowest BCUT2D eigenvalue weighted by Crippen LogP contribution is -2.28. The smallest absolute Gasteiger partial charge is 0.258 e. The van der Waals surface area contributed by atoms with Gasteiger partial charge in [-0.05, 0) is 53.6 Å². The summed E-state index contributed by atoms with van der Waals surface area (Å²) in [6.45, 7) is 0.351. The van der Waals surface area contributed by atoms with Crippen molar-refractivity contribution < 1.29 is 19.0 Å². The Labute approximate surface area is 254 Å². The van der Waals surface area contributed by atoms with Gasteiger partial charge in [0.2, 0.25) is 0 Å². The van der Waals surface area contributed by atoms with Crippen LogP contribution >= 0.6 is 0 Å². The number of nitrogens with one attached hydrogen (secondary N) is 2. The Bertz CT molecular complexity index is 1530. The predicted octanol–water partition coefficient (Wildman–Crippen LogP) is 6.89. The van der Waals surface area contributed by atoms with Crippen molar-refractivity contribution in [1.82, 2.24) is 10.6 Å². The lowest BCUT2D eigenvalue weighted by atomic mass is 9.97. The van der Waals surface area contributed by atoms with Gasteiger partial charge >= 0.3 is 0 Å². The molecular formula is C37H38N2O4. The average Bonchev–Trinajstić information content (AvgIpc) is 3.04. The first-order valence-electron chi connectivity index (χ1n) is 14.1. The van der Waals surface area contributed by atoms with E-state index in [1.807, 2.05) is 116 Å². The Kier molecular flexibility index (Phi) is 11.8. The Hall–Kier alpha value is -5.07. The molecule has 6 nitrogen and oxygen atoms in total. The van der Waals surface area contributed by atoms with Crippen molar-refractivity contribution >= 4 is 11.5 Å². The molecule has 3 aromatic rings. The van der Waals surface area contributed by atoms with Crippen LogP contribution in [0.5, 0.6) is 17.2 Å². The SMILES string of the molecule is CNC(c1ccc(OCC(=O)NCc2ccc(C3=CC=CC=CC=CC=CC=C3)cc2)cc1)c1ccc(OC)cc1OC. The van der Waals surface area contributed by atoms with E-state index in [0.29, 0.717) is 12.3 Å². The standard InChI is InChI=1S/C37H38N2O4/c1-38-37(34-24-23-33(41-2)25-35(34)42-3)31-19-21-32(22-20-31)43-27-36(40)39-26-28-15-17-30(18-16-28)29-13-11-9-7-5-4-6-8-10-12-14-29/h4-25,37-38H,26-27H2,1-3H3,(H,39,40). The second kappa shape index (κ2) is 16.4. The van der Waals surface area contributed by atoms with Gasteiger partial charge in [0, 0.05) is 18.2 Å². The summed E-state index contributed by atoms with van der Waals surface area (Å²) in [6, 6.07) is 21.6. The Morgan fingerprint density at radius 2 is 1.40 bits per heavy atom. The van der Waals surface area contributed by atoms with Crippen LogP contribution in [-0.4, -0.2) is 33.8 Å². The molecule has 1 aliphatic carbocycles. The number of benzene rings is 3. The summed E-state index contributed by atoms with van der Waals surface area (Å²) in [5.41, 5.74) is 5.23. The number of ether oxygens (including phenoxy) is 3. The van der Waals surface area contributed by atoms with Crippen LogP contribution in [0.2, 0.25) is 0 Å². The lowest BCUT2D eigenvalue weighted by molar-refractivity contribution is -0.123. The molecule has 1 unspecified atom stereocenters. The second-order valence-electron chi connectivity index (χ2n) is 9.68. The molecule has 0 aromatic heterocycles. The fraction of sp³-hybridized carbons (Fsp3) is 0.162. The van der Waals surface area contributed by atoms with E-state index in [4.69, 9.17) is 14.2 Å². The van der Waals surface area contributed by atoms with Crippen LogP contribution in [0.15, 0.2) is 134 Å². The Morgan fingerprint density at radius 1 is 0.744 bits per heavy atom. The minimum Gasteiger partial charge on any atom is -0.497 e. The highest BCUT2D eigenvalue weighted by molar-refractivity contribution is 5.78. The molecule has 0 heterocycles. The first kappa shape index (κ1) is 30.9. The first-order chi connectivity index (χ1) is 21.1. The molecule has 1 aliphatic rings. The van der Waals surface area contributed by atoms with Crippen LogP contribution in [0.3, 0.4) is 0 Å². The third kappa shape index (κ3) is 9.21. The van der Waals surface area contributed by atoms with Crippen molar-refractivity contribution in [2.24, 2.45) is 0 Å². The van der Waals surface area contributed by atoms with E-state index >= 15 is 0 Å². The van der Waals surface area contributed by atoms with Gasteiger partial charge in [0.15, 0.2) is 6.61 Å². The molecule has 2 N–H and O–H groups in total. The molecule has 0 fully saturated rings. The lowest BCUT2D eigenvalue weighted by Gasteiger charge is -2.21. The minimum atomic E-state index is -0.187. The number of methoxy groups -OCH3 is 2. The van der Waals surface area contributed by atoms with Crippen LogP contribution < -0.4 is 24.8 Å². The quantitative estimate of drug-likeness (QED) is 0.261. The third-order valence-electron chi connectivity index (χ3n) is 6.84. The van der Waals surface area contributed by atoms with Gasteiger partial charge in [0.1, 0.15) is 17.2 Å². The van der Waals surface area contributed by atoms with Gasteiger partial charge < -0.3 is 24.8 Å². The summed E-state index contributed by atoms with van der Waals surface area (Å²) in [5, 5.41) is 6.28. The molecule has 0 aliphatic heterocycles. The molecule has 6 heteroatoms. The van der Waals surface area contributed by atoms with Crippen LogP contribution in [0.1, 0.15) is 28.3 Å². The molecule has 4 rings (SSSR count). The van der Waals surface area contributed by atoms with Gasteiger partial charge in [-0.2, -0.15) is 0 Å². The highest BCUT2D eigenvalue weighted by Gasteiger charge is 2.17. The maximum atomic E-state index is 12.5. The van der Waals surface area contributed by atoms with E-state index in [0.717, 1.165) is 39.3 Å². The number of hydrogen-bond acceptors (Lipinski definition) is 5. The van der Waals surface area contributed by atoms with Crippen molar-refractivity contribution in [3.8, 4) is 17.2 Å². The molecule has 1 amide bonds. The number of allylic oxidation sites excluding steroid dienone is 12. The van der Waals surface area contributed by atoms with Crippen molar-refractivity contribution in [2.45, 2.75) is 12.6 Å². The molecule has 43 heavy (non-hydrogen) atoms. The summed E-state index contributed by atoms with van der Waals surface area (Å²) in [4.78, 5) is 12.5. The van der Waals surface area contributed by atoms with Crippen LogP contribution in [0.25, 0.3) is 5.57 Å². The summed E-state index contributed by atoms with van der Waals surface area (Å²) in [5.74, 6) is 1.90.